The van der Waals surface area contributed by atoms with Crippen molar-refractivity contribution in [1.82, 2.24) is 19.7 Å². The average Bonchev–Trinajstić information content (AvgIpc) is 3.33. The van der Waals surface area contributed by atoms with E-state index in [0.29, 0.717) is 18.2 Å². The van der Waals surface area contributed by atoms with Crippen molar-refractivity contribution >= 4 is 0 Å². The van der Waals surface area contributed by atoms with Crippen LogP contribution in [0.3, 0.4) is 0 Å². The standard InChI is InChI=1S/C17H15FN4O/c18-13-9-11(4-7-14(13)23)10-16-20-17(12-5-6-12)21-22(16)15-3-1-2-8-19-15/h1-4,7-9,12,23H,5-6,10H2. The molecule has 0 saturated heterocycles. The summed E-state index contributed by atoms with van der Waals surface area (Å²) < 4.78 is 15.3. The third-order valence-corrected chi connectivity index (χ3v) is 3.87. The summed E-state index contributed by atoms with van der Waals surface area (Å²) in [5.74, 6) is 1.68. The van der Waals surface area contributed by atoms with Crippen molar-refractivity contribution in [3.63, 3.8) is 0 Å². The van der Waals surface area contributed by atoms with Crippen molar-refractivity contribution in [2.75, 3.05) is 0 Å². The highest BCUT2D eigenvalue weighted by molar-refractivity contribution is 5.31. The first-order valence-corrected chi connectivity index (χ1v) is 7.55. The zero-order valence-electron chi connectivity index (χ0n) is 12.4. The molecule has 23 heavy (non-hydrogen) atoms. The lowest BCUT2D eigenvalue weighted by Crippen LogP contribution is -2.05. The van der Waals surface area contributed by atoms with Gasteiger partial charge in [0.1, 0.15) is 5.82 Å². The van der Waals surface area contributed by atoms with Gasteiger partial charge in [0.25, 0.3) is 0 Å². The van der Waals surface area contributed by atoms with Gasteiger partial charge >= 0.3 is 0 Å². The van der Waals surface area contributed by atoms with E-state index in [0.717, 1.165) is 30.1 Å². The molecule has 0 bridgehead atoms. The van der Waals surface area contributed by atoms with Crippen LogP contribution in [0.5, 0.6) is 5.75 Å². The van der Waals surface area contributed by atoms with Gasteiger partial charge in [-0.25, -0.2) is 14.4 Å². The topological polar surface area (TPSA) is 63.8 Å². The number of pyridine rings is 1. The Hall–Kier alpha value is -2.76. The number of phenolic OH excluding ortho intramolecular Hbond substituents is 1. The maximum atomic E-state index is 13.5. The molecule has 6 heteroatoms. The molecule has 1 saturated carbocycles. The number of benzene rings is 1. The molecular formula is C17H15FN4O. The Morgan fingerprint density at radius 2 is 2.09 bits per heavy atom. The summed E-state index contributed by atoms with van der Waals surface area (Å²) in [5.41, 5.74) is 0.729. The Kier molecular flexibility index (Phi) is 3.29. The predicted molar refractivity (Wildman–Crippen MR) is 82.0 cm³/mol. The van der Waals surface area contributed by atoms with Gasteiger partial charge in [-0.3, -0.25) is 0 Å². The second-order valence-electron chi connectivity index (χ2n) is 5.72. The SMILES string of the molecule is Oc1ccc(Cc2nc(C3CC3)nn2-c2ccccn2)cc1F. The lowest BCUT2D eigenvalue weighted by atomic mass is 10.1. The van der Waals surface area contributed by atoms with Gasteiger partial charge in [0.05, 0.1) is 0 Å². The molecule has 1 N–H and O–H groups in total. The van der Waals surface area contributed by atoms with Crippen molar-refractivity contribution in [1.29, 1.82) is 0 Å². The van der Waals surface area contributed by atoms with E-state index in [9.17, 15) is 9.50 Å². The number of phenols is 1. The van der Waals surface area contributed by atoms with E-state index in [2.05, 4.69) is 15.1 Å². The molecule has 116 valence electrons. The number of rotatable bonds is 4. The van der Waals surface area contributed by atoms with E-state index in [1.165, 1.54) is 12.1 Å². The van der Waals surface area contributed by atoms with Gasteiger partial charge in [-0.05, 0) is 42.7 Å². The quantitative estimate of drug-likeness (QED) is 0.804. The van der Waals surface area contributed by atoms with Crippen molar-refractivity contribution in [2.45, 2.75) is 25.2 Å². The van der Waals surface area contributed by atoms with Crippen LogP contribution in [-0.2, 0) is 6.42 Å². The average molecular weight is 310 g/mol. The first-order chi connectivity index (χ1) is 11.2. The monoisotopic (exact) mass is 310 g/mol. The molecule has 2 heterocycles. The second-order valence-corrected chi connectivity index (χ2v) is 5.72. The van der Waals surface area contributed by atoms with E-state index >= 15 is 0 Å². The van der Waals surface area contributed by atoms with Gasteiger partial charge in [-0.2, -0.15) is 4.68 Å². The van der Waals surface area contributed by atoms with Gasteiger partial charge in [0, 0.05) is 18.5 Å². The highest BCUT2D eigenvalue weighted by atomic mass is 19.1. The number of aromatic nitrogens is 4. The van der Waals surface area contributed by atoms with Crippen LogP contribution in [0.25, 0.3) is 5.82 Å². The first-order valence-electron chi connectivity index (χ1n) is 7.55. The Labute approximate surface area is 132 Å². The zero-order valence-corrected chi connectivity index (χ0v) is 12.4. The Balaban J connectivity index is 1.73. The molecule has 1 aromatic carbocycles. The zero-order chi connectivity index (χ0) is 15.8. The normalized spacial score (nSPS) is 14.1. The second kappa shape index (κ2) is 5.46. The van der Waals surface area contributed by atoms with Crippen LogP contribution in [0, 0.1) is 5.82 Å². The van der Waals surface area contributed by atoms with E-state index in [-0.39, 0.29) is 5.75 Å². The summed E-state index contributed by atoms with van der Waals surface area (Å²) in [6.45, 7) is 0. The summed E-state index contributed by atoms with van der Waals surface area (Å²) in [4.78, 5) is 8.95. The van der Waals surface area contributed by atoms with E-state index < -0.39 is 5.82 Å². The highest BCUT2D eigenvalue weighted by Gasteiger charge is 2.29. The van der Waals surface area contributed by atoms with Gasteiger partial charge in [0.2, 0.25) is 0 Å². The summed E-state index contributed by atoms with van der Waals surface area (Å²) in [6, 6.07) is 9.97. The molecule has 0 amide bonds. The van der Waals surface area contributed by atoms with Crippen molar-refractivity contribution in [2.24, 2.45) is 0 Å². The summed E-state index contributed by atoms with van der Waals surface area (Å²) >= 11 is 0. The Morgan fingerprint density at radius 1 is 1.22 bits per heavy atom. The fourth-order valence-electron chi connectivity index (χ4n) is 2.50. The van der Waals surface area contributed by atoms with Crippen LogP contribution in [-0.4, -0.2) is 24.9 Å². The minimum Gasteiger partial charge on any atom is -0.505 e. The third-order valence-electron chi connectivity index (χ3n) is 3.87. The highest BCUT2D eigenvalue weighted by Crippen LogP contribution is 2.38. The number of hydrogen-bond acceptors (Lipinski definition) is 4. The van der Waals surface area contributed by atoms with Crippen LogP contribution in [0.15, 0.2) is 42.6 Å². The molecular weight excluding hydrogens is 295 g/mol. The van der Waals surface area contributed by atoms with E-state index in [1.807, 2.05) is 18.2 Å². The van der Waals surface area contributed by atoms with Crippen LogP contribution < -0.4 is 0 Å². The number of aromatic hydroxyl groups is 1. The molecule has 1 fully saturated rings. The van der Waals surface area contributed by atoms with Crippen LogP contribution in [0.1, 0.15) is 36.0 Å². The number of halogens is 1. The molecule has 0 unspecified atom stereocenters. The lowest BCUT2D eigenvalue weighted by Gasteiger charge is -2.05. The lowest BCUT2D eigenvalue weighted by molar-refractivity contribution is 0.432. The predicted octanol–water partition coefficient (Wildman–Crippen LogP) is 2.98. The van der Waals surface area contributed by atoms with Crippen LogP contribution >= 0.6 is 0 Å². The fraction of sp³-hybridized carbons (Fsp3) is 0.235. The summed E-state index contributed by atoms with van der Waals surface area (Å²) in [7, 11) is 0. The molecule has 0 spiro atoms. The molecule has 3 aromatic rings. The Bertz CT molecular complexity index is 843. The van der Waals surface area contributed by atoms with Crippen molar-refractivity contribution < 1.29 is 9.50 Å². The van der Waals surface area contributed by atoms with Crippen LogP contribution in [0.2, 0.25) is 0 Å². The molecule has 4 rings (SSSR count). The van der Waals surface area contributed by atoms with Gasteiger partial charge in [0.15, 0.2) is 23.2 Å². The molecule has 0 atom stereocenters. The Morgan fingerprint density at radius 3 is 2.78 bits per heavy atom. The third kappa shape index (κ3) is 2.79. The van der Waals surface area contributed by atoms with Crippen LogP contribution in [0.4, 0.5) is 4.39 Å². The largest absolute Gasteiger partial charge is 0.505 e. The maximum absolute atomic E-state index is 13.5. The summed E-state index contributed by atoms with van der Waals surface area (Å²) in [5, 5.41) is 13.9. The van der Waals surface area contributed by atoms with Gasteiger partial charge < -0.3 is 5.11 Å². The molecule has 1 aliphatic carbocycles. The minimum atomic E-state index is -0.631. The number of nitrogens with zero attached hydrogens (tertiary/aromatic N) is 4. The number of hydrogen-bond donors (Lipinski definition) is 1. The van der Waals surface area contributed by atoms with E-state index in [1.54, 1.807) is 16.9 Å². The maximum Gasteiger partial charge on any atom is 0.165 e. The molecule has 1 aliphatic rings. The van der Waals surface area contributed by atoms with E-state index in [4.69, 9.17) is 0 Å². The molecule has 0 radical (unpaired) electrons. The smallest absolute Gasteiger partial charge is 0.165 e. The fourth-order valence-corrected chi connectivity index (χ4v) is 2.50. The molecule has 2 aromatic heterocycles. The molecule has 0 aliphatic heterocycles. The summed E-state index contributed by atoms with van der Waals surface area (Å²) in [6.07, 6.45) is 4.35. The molecule has 5 nitrogen and oxygen atoms in total. The first kappa shape index (κ1) is 13.9. The van der Waals surface area contributed by atoms with Gasteiger partial charge in [-0.1, -0.05) is 12.1 Å². The van der Waals surface area contributed by atoms with Crippen molar-refractivity contribution in [3.8, 4) is 11.6 Å². The minimum absolute atomic E-state index is 0.349. The van der Waals surface area contributed by atoms with Crippen molar-refractivity contribution in [3.05, 3.63) is 65.6 Å². The van der Waals surface area contributed by atoms with Gasteiger partial charge in [-0.15, -0.1) is 5.10 Å².